The van der Waals surface area contributed by atoms with Gasteiger partial charge in [-0.15, -0.1) is 0 Å². The Balaban J connectivity index is 2.94. The predicted molar refractivity (Wildman–Crippen MR) is 109 cm³/mol. The van der Waals surface area contributed by atoms with Crippen molar-refractivity contribution < 1.29 is 13.2 Å². The molecular formula is C20H34N2O3S. The van der Waals surface area contributed by atoms with E-state index in [1.807, 2.05) is 43.0 Å². The molecule has 6 heteroatoms. The van der Waals surface area contributed by atoms with Crippen molar-refractivity contribution in [2.24, 2.45) is 0 Å². The number of hydrogen-bond acceptors (Lipinski definition) is 3. The molecule has 0 atom stereocenters. The molecule has 148 valence electrons. The van der Waals surface area contributed by atoms with Gasteiger partial charge in [0.2, 0.25) is 15.9 Å². The summed E-state index contributed by atoms with van der Waals surface area (Å²) in [6, 6.07) is 7.55. The molecule has 1 aromatic carbocycles. The van der Waals surface area contributed by atoms with Gasteiger partial charge in [-0.2, -0.15) is 0 Å². The van der Waals surface area contributed by atoms with E-state index in [9.17, 15) is 13.2 Å². The molecule has 0 bridgehead atoms. The summed E-state index contributed by atoms with van der Waals surface area (Å²) in [6.45, 7) is 12.0. The Morgan fingerprint density at radius 2 is 1.46 bits per heavy atom. The molecule has 5 nitrogen and oxygen atoms in total. The highest BCUT2D eigenvalue weighted by Gasteiger charge is 2.21. The van der Waals surface area contributed by atoms with Crippen molar-refractivity contribution >= 4 is 21.6 Å². The average molecular weight is 383 g/mol. The van der Waals surface area contributed by atoms with Gasteiger partial charge in [-0.05, 0) is 36.0 Å². The highest BCUT2D eigenvalue weighted by atomic mass is 32.2. The molecule has 26 heavy (non-hydrogen) atoms. The molecule has 0 spiro atoms. The van der Waals surface area contributed by atoms with Crippen molar-refractivity contribution in [2.75, 3.05) is 30.2 Å². The number of carbonyl (C=O) groups is 1. The van der Waals surface area contributed by atoms with E-state index < -0.39 is 10.0 Å². The lowest BCUT2D eigenvalue weighted by molar-refractivity contribution is -0.131. The molecule has 0 saturated heterocycles. The van der Waals surface area contributed by atoms with Gasteiger partial charge in [0.1, 0.15) is 0 Å². The summed E-state index contributed by atoms with van der Waals surface area (Å²) in [5.41, 5.74) is 1.75. The van der Waals surface area contributed by atoms with Crippen LogP contribution in [0.1, 0.15) is 59.4 Å². The van der Waals surface area contributed by atoms with Crippen molar-refractivity contribution in [2.45, 2.75) is 59.3 Å². The molecule has 0 unspecified atom stereocenters. The number of amides is 1. The molecule has 0 N–H and O–H groups in total. The van der Waals surface area contributed by atoms with E-state index in [1.165, 1.54) is 10.6 Å². The van der Waals surface area contributed by atoms with Crippen LogP contribution in [0.2, 0.25) is 0 Å². The number of sulfonamides is 1. The maximum atomic E-state index is 12.5. The van der Waals surface area contributed by atoms with Crippen LogP contribution in [0.15, 0.2) is 24.3 Å². The van der Waals surface area contributed by atoms with Crippen molar-refractivity contribution in [3.63, 3.8) is 0 Å². The van der Waals surface area contributed by atoms with Gasteiger partial charge >= 0.3 is 0 Å². The molecule has 0 aliphatic carbocycles. The third-order valence-electron chi connectivity index (χ3n) is 4.29. The molecule has 0 heterocycles. The first-order chi connectivity index (χ1) is 12.0. The first kappa shape index (κ1) is 22.5. The van der Waals surface area contributed by atoms with E-state index in [1.54, 1.807) is 0 Å². The molecule has 1 rings (SSSR count). The molecule has 0 aliphatic heterocycles. The van der Waals surface area contributed by atoms with Gasteiger partial charge in [0.15, 0.2) is 0 Å². The van der Waals surface area contributed by atoms with Crippen LogP contribution in [0.3, 0.4) is 0 Å². The smallest absolute Gasteiger partial charge is 0.232 e. The maximum absolute atomic E-state index is 12.5. The molecule has 1 aromatic rings. The van der Waals surface area contributed by atoms with Crippen molar-refractivity contribution in [1.82, 2.24) is 4.90 Å². The largest absolute Gasteiger partial charge is 0.343 e. The topological polar surface area (TPSA) is 57.7 Å². The lowest BCUT2D eigenvalue weighted by atomic mass is 9.87. The number of benzene rings is 1. The molecule has 0 aromatic heterocycles. The minimum absolute atomic E-state index is 0.00518. The van der Waals surface area contributed by atoms with Crippen LogP contribution >= 0.6 is 0 Å². The monoisotopic (exact) mass is 382 g/mol. The summed E-state index contributed by atoms with van der Waals surface area (Å²) < 4.78 is 25.8. The van der Waals surface area contributed by atoms with Gasteiger partial charge in [0.25, 0.3) is 0 Å². The van der Waals surface area contributed by atoms with Crippen molar-refractivity contribution in [3.8, 4) is 0 Å². The Morgan fingerprint density at radius 1 is 0.962 bits per heavy atom. The van der Waals surface area contributed by atoms with E-state index in [4.69, 9.17) is 0 Å². The Kier molecular flexibility index (Phi) is 8.13. The van der Waals surface area contributed by atoms with Crippen LogP contribution in [0.4, 0.5) is 5.69 Å². The minimum Gasteiger partial charge on any atom is -0.343 e. The number of anilines is 1. The zero-order chi connectivity index (χ0) is 20.0. The Morgan fingerprint density at radius 3 is 1.85 bits per heavy atom. The normalized spacial score (nSPS) is 12.1. The third-order valence-corrected chi connectivity index (χ3v) is 5.48. The van der Waals surface area contributed by atoms with Crippen molar-refractivity contribution in [3.05, 3.63) is 29.8 Å². The Labute approximate surface area is 159 Å². The third kappa shape index (κ3) is 6.63. The summed E-state index contributed by atoms with van der Waals surface area (Å²) in [7, 11) is -3.45. The first-order valence-corrected chi connectivity index (χ1v) is 11.2. The summed E-state index contributed by atoms with van der Waals surface area (Å²) in [6.07, 6.45) is 3.17. The van der Waals surface area contributed by atoms with Crippen LogP contribution in [-0.4, -0.2) is 45.1 Å². The highest BCUT2D eigenvalue weighted by molar-refractivity contribution is 7.92. The summed E-state index contributed by atoms with van der Waals surface area (Å²) in [5, 5.41) is 0. The average Bonchev–Trinajstić information content (AvgIpc) is 2.53. The van der Waals surface area contributed by atoms with E-state index in [0.29, 0.717) is 18.8 Å². The first-order valence-electron chi connectivity index (χ1n) is 9.36. The fraction of sp³-hybridized carbons (Fsp3) is 0.650. The Hall–Kier alpha value is -1.56. The predicted octanol–water partition coefficient (Wildman–Crippen LogP) is 3.79. The van der Waals surface area contributed by atoms with Crippen LogP contribution in [0.25, 0.3) is 0 Å². The molecule has 0 aliphatic rings. The molecule has 1 amide bonds. The number of rotatable bonds is 9. The van der Waals surface area contributed by atoms with E-state index in [2.05, 4.69) is 20.8 Å². The number of carbonyl (C=O) groups excluding carboxylic acids is 1. The quantitative estimate of drug-likeness (QED) is 0.653. The molecule has 0 saturated carbocycles. The number of nitrogens with zero attached hydrogens (tertiary/aromatic N) is 2. The zero-order valence-corrected chi connectivity index (χ0v) is 17.9. The molecule has 0 fully saturated rings. The zero-order valence-electron chi connectivity index (χ0n) is 17.1. The molecule has 0 radical (unpaired) electrons. The van der Waals surface area contributed by atoms with Crippen LogP contribution in [0, 0.1) is 0 Å². The van der Waals surface area contributed by atoms with E-state index >= 15 is 0 Å². The minimum atomic E-state index is -3.45. The molecular weight excluding hydrogens is 348 g/mol. The Bertz CT molecular complexity index is 670. The SMILES string of the molecule is CCCN(CCC)C(=O)CCN(c1ccc(C(C)(C)C)cc1)S(C)(=O)=O. The maximum Gasteiger partial charge on any atom is 0.232 e. The second kappa shape index (κ2) is 9.40. The van der Waals surface area contributed by atoms with Crippen LogP contribution < -0.4 is 4.31 Å². The summed E-state index contributed by atoms with van der Waals surface area (Å²) in [4.78, 5) is 14.3. The number of hydrogen-bond donors (Lipinski definition) is 0. The summed E-state index contributed by atoms with van der Waals surface area (Å²) >= 11 is 0. The van der Waals surface area contributed by atoms with E-state index in [0.717, 1.165) is 18.4 Å². The fourth-order valence-electron chi connectivity index (χ4n) is 2.87. The lowest BCUT2D eigenvalue weighted by Crippen LogP contribution is -2.37. The van der Waals surface area contributed by atoms with Crippen LogP contribution in [-0.2, 0) is 20.2 Å². The van der Waals surface area contributed by atoms with Gasteiger partial charge < -0.3 is 4.90 Å². The summed E-state index contributed by atoms with van der Waals surface area (Å²) in [5.74, 6) is 0.00802. The second-order valence-corrected chi connectivity index (χ2v) is 9.67. The standard InChI is InChI=1S/C20H34N2O3S/c1-7-14-21(15-8-2)19(23)13-16-22(26(6,24)25)18-11-9-17(10-12-18)20(3,4)5/h9-12H,7-8,13-16H2,1-6H3. The van der Waals surface area contributed by atoms with Gasteiger partial charge in [0.05, 0.1) is 11.9 Å². The van der Waals surface area contributed by atoms with Gasteiger partial charge in [-0.3, -0.25) is 9.10 Å². The van der Waals surface area contributed by atoms with E-state index in [-0.39, 0.29) is 24.3 Å². The fourth-order valence-corrected chi connectivity index (χ4v) is 3.80. The lowest BCUT2D eigenvalue weighted by Gasteiger charge is -2.26. The highest BCUT2D eigenvalue weighted by Crippen LogP contribution is 2.26. The van der Waals surface area contributed by atoms with Gasteiger partial charge in [-0.1, -0.05) is 46.8 Å². The second-order valence-electron chi connectivity index (χ2n) is 7.76. The van der Waals surface area contributed by atoms with Crippen LogP contribution in [0.5, 0.6) is 0 Å². The van der Waals surface area contributed by atoms with Gasteiger partial charge in [-0.25, -0.2) is 8.42 Å². The van der Waals surface area contributed by atoms with Gasteiger partial charge in [0, 0.05) is 26.1 Å². The van der Waals surface area contributed by atoms with Crippen molar-refractivity contribution in [1.29, 1.82) is 0 Å².